The zero-order valence-electron chi connectivity index (χ0n) is 17.0. The van der Waals surface area contributed by atoms with Gasteiger partial charge in [-0.2, -0.15) is 0 Å². The molecular formula is C24H25NO4. The summed E-state index contributed by atoms with van der Waals surface area (Å²) in [5.41, 5.74) is 4.26. The van der Waals surface area contributed by atoms with E-state index >= 15 is 0 Å². The van der Waals surface area contributed by atoms with Crippen molar-refractivity contribution in [2.75, 3.05) is 7.11 Å². The molecule has 150 valence electrons. The zero-order chi connectivity index (χ0) is 20.6. The number of rotatable bonds is 8. The Morgan fingerprint density at radius 1 is 0.966 bits per heavy atom. The van der Waals surface area contributed by atoms with Gasteiger partial charge in [0.1, 0.15) is 24.7 Å². The monoisotopic (exact) mass is 391 g/mol. The van der Waals surface area contributed by atoms with Gasteiger partial charge in [-0.15, -0.1) is 0 Å². The molecule has 2 aromatic carbocycles. The van der Waals surface area contributed by atoms with Crippen LogP contribution >= 0.6 is 0 Å². The largest absolute Gasteiger partial charge is 0.489 e. The standard InChI is InChI=1S/C24H25NO4/c1-4-18-11-12-20(25-14-18)16-29-22-10-6-9-21(13-22)28-15-19-8-5-7-17(2)23(19)24(26)27-3/h5-14H,4,15-16H2,1-3H3. The first-order valence-electron chi connectivity index (χ1n) is 9.57. The maximum Gasteiger partial charge on any atom is 0.338 e. The highest BCUT2D eigenvalue weighted by Crippen LogP contribution is 2.23. The van der Waals surface area contributed by atoms with E-state index in [1.54, 1.807) is 0 Å². The van der Waals surface area contributed by atoms with E-state index in [9.17, 15) is 4.79 Å². The van der Waals surface area contributed by atoms with Crippen molar-refractivity contribution in [3.05, 3.63) is 88.7 Å². The van der Waals surface area contributed by atoms with Gasteiger partial charge < -0.3 is 14.2 Å². The Morgan fingerprint density at radius 2 is 1.69 bits per heavy atom. The molecule has 0 amide bonds. The summed E-state index contributed by atoms with van der Waals surface area (Å²) in [5.74, 6) is 0.996. The summed E-state index contributed by atoms with van der Waals surface area (Å²) in [5, 5.41) is 0. The smallest absolute Gasteiger partial charge is 0.338 e. The first kappa shape index (κ1) is 20.4. The maximum absolute atomic E-state index is 12.1. The highest BCUT2D eigenvalue weighted by molar-refractivity contribution is 5.92. The highest BCUT2D eigenvalue weighted by Gasteiger charge is 2.15. The number of aryl methyl sites for hydroxylation is 2. The molecule has 0 aliphatic carbocycles. The molecule has 0 spiro atoms. The SMILES string of the molecule is CCc1ccc(COc2cccc(OCc3cccc(C)c3C(=O)OC)c2)nc1. The van der Waals surface area contributed by atoms with Crippen LogP contribution in [0.2, 0.25) is 0 Å². The van der Waals surface area contributed by atoms with E-state index in [1.807, 2.05) is 61.7 Å². The Balaban J connectivity index is 1.64. The summed E-state index contributed by atoms with van der Waals surface area (Å²) in [4.78, 5) is 16.5. The third-order valence-electron chi connectivity index (χ3n) is 4.63. The minimum atomic E-state index is -0.361. The van der Waals surface area contributed by atoms with Crippen LogP contribution in [0, 0.1) is 6.92 Å². The molecule has 0 atom stereocenters. The van der Waals surface area contributed by atoms with Gasteiger partial charge in [0.2, 0.25) is 0 Å². The van der Waals surface area contributed by atoms with E-state index in [2.05, 4.69) is 18.0 Å². The number of hydrogen-bond acceptors (Lipinski definition) is 5. The minimum absolute atomic E-state index is 0.260. The third-order valence-corrected chi connectivity index (χ3v) is 4.63. The minimum Gasteiger partial charge on any atom is -0.489 e. The van der Waals surface area contributed by atoms with Gasteiger partial charge in [0.15, 0.2) is 0 Å². The average molecular weight is 391 g/mol. The van der Waals surface area contributed by atoms with Gasteiger partial charge in [-0.25, -0.2) is 4.79 Å². The quantitative estimate of drug-likeness (QED) is 0.511. The fourth-order valence-corrected chi connectivity index (χ4v) is 2.96. The lowest BCUT2D eigenvalue weighted by Gasteiger charge is -2.13. The second-order valence-corrected chi connectivity index (χ2v) is 6.66. The number of benzene rings is 2. The Bertz CT molecular complexity index is 967. The summed E-state index contributed by atoms with van der Waals surface area (Å²) in [6, 6.07) is 17.1. The Hall–Kier alpha value is -3.34. The summed E-state index contributed by atoms with van der Waals surface area (Å²) >= 11 is 0. The molecule has 3 aromatic rings. The zero-order valence-corrected chi connectivity index (χ0v) is 17.0. The summed E-state index contributed by atoms with van der Waals surface area (Å²) in [6.07, 6.45) is 2.84. The molecule has 0 saturated heterocycles. The molecule has 0 radical (unpaired) electrons. The van der Waals surface area contributed by atoms with Gasteiger partial charge in [0.25, 0.3) is 0 Å². The second-order valence-electron chi connectivity index (χ2n) is 6.66. The number of nitrogens with zero attached hydrogens (tertiary/aromatic N) is 1. The molecule has 0 bridgehead atoms. The molecule has 1 aromatic heterocycles. The van der Waals surface area contributed by atoms with Crippen molar-refractivity contribution in [3.63, 3.8) is 0 Å². The summed E-state index contributed by atoms with van der Waals surface area (Å²) in [6.45, 7) is 4.63. The van der Waals surface area contributed by atoms with E-state index < -0.39 is 0 Å². The number of ether oxygens (including phenoxy) is 3. The normalized spacial score (nSPS) is 10.4. The van der Waals surface area contributed by atoms with Crippen LogP contribution in [0.3, 0.4) is 0 Å². The summed E-state index contributed by atoms with van der Waals surface area (Å²) < 4.78 is 16.6. The lowest BCUT2D eigenvalue weighted by molar-refractivity contribution is 0.0597. The van der Waals surface area contributed by atoms with Crippen molar-refractivity contribution < 1.29 is 19.0 Å². The number of methoxy groups -OCH3 is 1. The Kier molecular flexibility index (Phi) is 6.85. The maximum atomic E-state index is 12.1. The molecule has 5 nitrogen and oxygen atoms in total. The van der Waals surface area contributed by atoms with Crippen molar-refractivity contribution in [3.8, 4) is 11.5 Å². The fourth-order valence-electron chi connectivity index (χ4n) is 2.96. The molecule has 0 saturated carbocycles. The van der Waals surface area contributed by atoms with Crippen LogP contribution in [0.5, 0.6) is 11.5 Å². The van der Waals surface area contributed by atoms with Gasteiger partial charge in [-0.1, -0.05) is 37.3 Å². The predicted octanol–water partition coefficient (Wildman–Crippen LogP) is 4.90. The van der Waals surface area contributed by atoms with Gasteiger partial charge in [0.05, 0.1) is 18.4 Å². The molecule has 0 N–H and O–H groups in total. The van der Waals surface area contributed by atoms with Gasteiger partial charge >= 0.3 is 5.97 Å². The van der Waals surface area contributed by atoms with Gasteiger partial charge in [-0.3, -0.25) is 4.98 Å². The number of aromatic nitrogens is 1. The average Bonchev–Trinajstić information content (AvgIpc) is 2.76. The molecule has 0 fully saturated rings. The van der Waals surface area contributed by atoms with Gasteiger partial charge in [-0.05, 0) is 42.7 Å². The second kappa shape index (κ2) is 9.73. The van der Waals surface area contributed by atoms with Crippen LogP contribution in [0.25, 0.3) is 0 Å². The fraction of sp³-hybridized carbons (Fsp3) is 0.250. The Morgan fingerprint density at radius 3 is 2.34 bits per heavy atom. The molecule has 5 heteroatoms. The van der Waals surface area contributed by atoms with Crippen LogP contribution in [0.4, 0.5) is 0 Å². The van der Waals surface area contributed by atoms with Crippen molar-refractivity contribution in [1.29, 1.82) is 0 Å². The third kappa shape index (κ3) is 5.35. The highest BCUT2D eigenvalue weighted by atomic mass is 16.5. The lowest BCUT2D eigenvalue weighted by Crippen LogP contribution is -2.10. The van der Waals surface area contributed by atoms with Crippen molar-refractivity contribution in [1.82, 2.24) is 4.98 Å². The van der Waals surface area contributed by atoms with E-state index in [0.717, 1.165) is 23.2 Å². The van der Waals surface area contributed by atoms with Crippen LogP contribution < -0.4 is 9.47 Å². The van der Waals surface area contributed by atoms with Gasteiger partial charge in [0, 0.05) is 17.8 Å². The predicted molar refractivity (Wildman–Crippen MR) is 111 cm³/mol. The van der Waals surface area contributed by atoms with Crippen molar-refractivity contribution >= 4 is 5.97 Å². The number of carbonyl (C=O) groups excluding carboxylic acids is 1. The number of pyridine rings is 1. The number of hydrogen-bond donors (Lipinski definition) is 0. The molecule has 0 aliphatic rings. The van der Waals surface area contributed by atoms with E-state index in [0.29, 0.717) is 23.7 Å². The van der Waals surface area contributed by atoms with E-state index in [1.165, 1.54) is 12.7 Å². The van der Waals surface area contributed by atoms with Crippen molar-refractivity contribution in [2.24, 2.45) is 0 Å². The van der Waals surface area contributed by atoms with Crippen LogP contribution in [-0.2, 0) is 24.4 Å². The number of carbonyl (C=O) groups is 1. The lowest BCUT2D eigenvalue weighted by atomic mass is 10.0. The molecule has 0 unspecified atom stereocenters. The van der Waals surface area contributed by atoms with Crippen molar-refractivity contribution in [2.45, 2.75) is 33.5 Å². The topological polar surface area (TPSA) is 57.7 Å². The molecule has 0 aliphatic heterocycles. The van der Waals surface area contributed by atoms with Crippen LogP contribution in [-0.4, -0.2) is 18.1 Å². The van der Waals surface area contributed by atoms with E-state index in [-0.39, 0.29) is 12.6 Å². The number of esters is 1. The molecule has 29 heavy (non-hydrogen) atoms. The first-order chi connectivity index (χ1) is 14.1. The van der Waals surface area contributed by atoms with Crippen LogP contribution in [0.15, 0.2) is 60.8 Å². The van der Waals surface area contributed by atoms with Crippen LogP contribution in [0.1, 0.15) is 39.7 Å². The Labute approximate surface area is 171 Å². The molecule has 3 rings (SSSR count). The molecular weight excluding hydrogens is 366 g/mol. The first-order valence-corrected chi connectivity index (χ1v) is 9.57. The summed E-state index contributed by atoms with van der Waals surface area (Å²) in [7, 11) is 1.38. The van der Waals surface area contributed by atoms with E-state index in [4.69, 9.17) is 14.2 Å². The molecule has 1 heterocycles.